The number of ether oxygens (including phenoxy) is 1. The van der Waals surface area contributed by atoms with Crippen molar-refractivity contribution in [1.82, 2.24) is 4.90 Å². The lowest BCUT2D eigenvalue weighted by molar-refractivity contribution is -0.130. The van der Waals surface area contributed by atoms with Gasteiger partial charge in [-0.25, -0.2) is 4.79 Å². The predicted octanol–water partition coefficient (Wildman–Crippen LogP) is 2.48. The van der Waals surface area contributed by atoms with Crippen molar-refractivity contribution in [3.05, 3.63) is 65.7 Å². The lowest BCUT2D eigenvalue weighted by atomic mass is 10.2. The molecule has 0 spiro atoms. The first-order valence-electron chi connectivity index (χ1n) is 8.16. The van der Waals surface area contributed by atoms with E-state index in [1.54, 1.807) is 30.1 Å². The molecule has 2 rings (SSSR count). The molecule has 0 aliphatic heterocycles. The Labute approximate surface area is 153 Å². The molecule has 0 N–H and O–H groups in total. The topological polar surface area (TPSA) is 66.9 Å². The molecule has 0 aromatic heterocycles. The zero-order valence-electron chi connectivity index (χ0n) is 15.1. The van der Waals surface area contributed by atoms with Gasteiger partial charge in [-0.1, -0.05) is 36.4 Å². The molecule has 6 heteroatoms. The van der Waals surface area contributed by atoms with E-state index in [9.17, 15) is 14.4 Å². The number of esters is 1. The number of carbonyl (C=O) groups is 3. The summed E-state index contributed by atoms with van der Waals surface area (Å²) in [6, 6.07) is 16.1. The number of carbonyl (C=O) groups excluding carboxylic acids is 3. The highest BCUT2D eigenvalue weighted by Gasteiger charge is 2.19. The first-order chi connectivity index (χ1) is 12.4. The molecule has 2 aromatic rings. The molecule has 26 heavy (non-hydrogen) atoms. The third kappa shape index (κ3) is 4.92. The standard InChI is InChI=1S/C20H22N2O4/c1-15(23)22(18-11-7-10-17(12-18)20(25)26-3)14-19(24)21(2)13-16-8-5-4-6-9-16/h4-12H,13-14H2,1-3H3. The van der Waals surface area contributed by atoms with Gasteiger partial charge in [-0.15, -0.1) is 0 Å². The van der Waals surface area contributed by atoms with Crippen LogP contribution >= 0.6 is 0 Å². The van der Waals surface area contributed by atoms with Gasteiger partial charge in [0, 0.05) is 26.2 Å². The molecular weight excluding hydrogens is 332 g/mol. The van der Waals surface area contributed by atoms with Crippen molar-refractivity contribution in [2.75, 3.05) is 25.6 Å². The van der Waals surface area contributed by atoms with Crippen LogP contribution in [0.2, 0.25) is 0 Å². The largest absolute Gasteiger partial charge is 0.465 e. The molecule has 2 aromatic carbocycles. The normalized spacial score (nSPS) is 10.1. The summed E-state index contributed by atoms with van der Waals surface area (Å²) in [5.41, 5.74) is 1.80. The number of hydrogen-bond acceptors (Lipinski definition) is 4. The summed E-state index contributed by atoms with van der Waals surface area (Å²) in [6.45, 7) is 1.73. The number of benzene rings is 2. The maximum absolute atomic E-state index is 12.6. The third-order valence-corrected chi connectivity index (χ3v) is 3.94. The minimum absolute atomic E-state index is 0.108. The van der Waals surface area contributed by atoms with Crippen LogP contribution in [0.15, 0.2) is 54.6 Å². The molecule has 2 amide bonds. The van der Waals surface area contributed by atoms with Crippen LogP contribution in [0, 0.1) is 0 Å². The van der Waals surface area contributed by atoms with E-state index in [0.717, 1.165) is 5.56 Å². The van der Waals surface area contributed by atoms with Crippen LogP contribution in [0.4, 0.5) is 5.69 Å². The van der Waals surface area contributed by atoms with Crippen molar-refractivity contribution in [2.45, 2.75) is 13.5 Å². The highest BCUT2D eigenvalue weighted by atomic mass is 16.5. The third-order valence-electron chi connectivity index (χ3n) is 3.94. The van der Waals surface area contributed by atoms with Crippen LogP contribution in [0.1, 0.15) is 22.8 Å². The summed E-state index contributed by atoms with van der Waals surface area (Å²) >= 11 is 0. The molecule has 0 unspecified atom stereocenters. The Bertz CT molecular complexity index is 789. The fourth-order valence-electron chi connectivity index (χ4n) is 2.50. The number of methoxy groups -OCH3 is 1. The van der Waals surface area contributed by atoms with E-state index < -0.39 is 5.97 Å². The minimum Gasteiger partial charge on any atom is -0.465 e. The van der Waals surface area contributed by atoms with Crippen LogP contribution in [-0.4, -0.2) is 43.4 Å². The first kappa shape index (κ1) is 19.2. The summed E-state index contributed by atoms with van der Waals surface area (Å²) in [7, 11) is 2.98. The van der Waals surface area contributed by atoms with E-state index in [4.69, 9.17) is 4.74 Å². The highest BCUT2D eigenvalue weighted by molar-refractivity contribution is 5.99. The van der Waals surface area contributed by atoms with E-state index in [0.29, 0.717) is 17.8 Å². The van der Waals surface area contributed by atoms with Crippen molar-refractivity contribution in [2.24, 2.45) is 0 Å². The Hall–Kier alpha value is -3.15. The Kier molecular flexibility index (Phi) is 6.49. The van der Waals surface area contributed by atoms with Gasteiger partial charge in [0.25, 0.3) is 0 Å². The maximum Gasteiger partial charge on any atom is 0.337 e. The maximum atomic E-state index is 12.6. The number of nitrogens with zero attached hydrogens (tertiary/aromatic N) is 2. The monoisotopic (exact) mass is 354 g/mol. The van der Waals surface area contributed by atoms with Crippen LogP contribution in [0.25, 0.3) is 0 Å². The van der Waals surface area contributed by atoms with Crippen molar-refractivity contribution in [3.8, 4) is 0 Å². The van der Waals surface area contributed by atoms with E-state index in [1.165, 1.54) is 25.0 Å². The molecule has 0 aliphatic rings. The summed E-state index contributed by atoms with van der Waals surface area (Å²) in [5, 5.41) is 0. The summed E-state index contributed by atoms with van der Waals surface area (Å²) < 4.78 is 4.70. The van der Waals surface area contributed by atoms with Gasteiger partial charge in [-0.3, -0.25) is 9.59 Å². The van der Waals surface area contributed by atoms with E-state index >= 15 is 0 Å². The molecule has 136 valence electrons. The van der Waals surface area contributed by atoms with E-state index in [-0.39, 0.29) is 18.4 Å². The number of anilines is 1. The average Bonchev–Trinajstić information content (AvgIpc) is 2.65. The molecular formula is C20H22N2O4. The van der Waals surface area contributed by atoms with Gasteiger partial charge in [-0.05, 0) is 23.8 Å². The summed E-state index contributed by atoms with van der Waals surface area (Å²) in [5.74, 6) is -0.983. The second-order valence-electron chi connectivity index (χ2n) is 5.88. The number of likely N-dealkylation sites (N-methyl/N-ethyl adjacent to an activating group) is 1. The van der Waals surface area contributed by atoms with Crippen molar-refractivity contribution in [3.63, 3.8) is 0 Å². The zero-order chi connectivity index (χ0) is 19.1. The van der Waals surface area contributed by atoms with Crippen LogP contribution < -0.4 is 4.90 Å². The van der Waals surface area contributed by atoms with E-state index in [1.807, 2.05) is 30.3 Å². The van der Waals surface area contributed by atoms with Gasteiger partial charge >= 0.3 is 5.97 Å². The van der Waals surface area contributed by atoms with Crippen molar-refractivity contribution >= 4 is 23.5 Å². The summed E-state index contributed by atoms with van der Waals surface area (Å²) in [6.07, 6.45) is 0. The summed E-state index contributed by atoms with van der Waals surface area (Å²) in [4.78, 5) is 39.2. The second-order valence-corrected chi connectivity index (χ2v) is 5.88. The zero-order valence-corrected chi connectivity index (χ0v) is 15.1. The number of rotatable bonds is 6. The Balaban J connectivity index is 2.14. The second kappa shape index (κ2) is 8.80. The van der Waals surface area contributed by atoms with E-state index in [2.05, 4.69) is 0 Å². The fourth-order valence-corrected chi connectivity index (χ4v) is 2.50. The molecule has 0 saturated carbocycles. The van der Waals surface area contributed by atoms with Gasteiger partial charge in [-0.2, -0.15) is 0 Å². The van der Waals surface area contributed by atoms with Gasteiger partial charge in [0.15, 0.2) is 0 Å². The first-order valence-corrected chi connectivity index (χ1v) is 8.16. The van der Waals surface area contributed by atoms with Gasteiger partial charge in [0.1, 0.15) is 6.54 Å². The molecule has 0 saturated heterocycles. The molecule has 0 radical (unpaired) electrons. The molecule has 6 nitrogen and oxygen atoms in total. The fraction of sp³-hybridized carbons (Fsp3) is 0.250. The van der Waals surface area contributed by atoms with Crippen LogP contribution in [0.3, 0.4) is 0 Å². The Morgan fingerprint density at radius 3 is 2.31 bits per heavy atom. The average molecular weight is 354 g/mol. The highest BCUT2D eigenvalue weighted by Crippen LogP contribution is 2.18. The lowest BCUT2D eigenvalue weighted by Gasteiger charge is -2.25. The van der Waals surface area contributed by atoms with Gasteiger partial charge in [0.2, 0.25) is 11.8 Å². The van der Waals surface area contributed by atoms with Gasteiger partial charge < -0.3 is 14.5 Å². The molecule has 0 aliphatic carbocycles. The minimum atomic E-state index is -0.497. The Morgan fingerprint density at radius 1 is 1.00 bits per heavy atom. The molecule has 0 atom stereocenters. The quantitative estimate of drug-likeness (QED) is 0.748. The molecule has 0 heterocycles. The number of amides is 2. The SMILES string of the molecule is COC(=O)c1cccc(N(CC(=O)N(C)Cc2ccccc2)C(C)=O)c1. The molecule has 0 fully saturated rings. The van der Waals surface area contributed by atoms with Crippen LogP contribution in [0.5, 0.6) is 0 Å². The number of hydrogen-bond donors (Lipinski definition) is 0. The van der Waals surface area contributed by atoms with Crippen molar-refractivity contribution in [1.29, 1.82) is 0 Å². The predicted molar refractivity (Wildman–Crippen MR) is 98.7 cm³/mol. The van der Waals surface area contributed by atoms with Gasteiger partial charge in [0.05, 0.1) is 12.7 Å². The Morgan fingerprint density at radius 2 is 1.69 bits per heavy atom. The van der Waals surface area contributed by atoms with Crippen molar-refractivity contribution < 1.29 is 19.1 Å². The molecule has 0 bridgehead atoms. The lowest BCUT2D eigenvalue weighted by Crippen LogP contribution is -2.40. The van der Waals surface area contributed by atoms with Crippen LogP contribution in [-0.2, 0) is 20.9 Å². The smallest absolute Gasteiger partial charge is 0.337 e.